The second-order valence-electron chi connectivity index (χ2n) is 4.51. The van der Waals surface area contributed by atoms with Gasteiger partial charge in [0.2, 0.25) is 5.82 Å². The summed E-state index contributed by atoms with van der Waals surface area (Å²) in [5.41, 5.74) is 0.550. The molecule has 1 aromatic heterocycles. The number of hydrogen-bond acceptors (Lipinski definition) is 6. The summed E-state index contributed by atoms with van der Waals surface area (Å²) in [7, 11) is 0. The third kappa shape index (κ3) is 3.27. The van der Waals surface area contributed by atoms with Crippen LogP contribution in [0.2, 0.25) is 0 Å². The summed E-state index contributed by atoms with van der Waals surface area (Å²) < 4.78 is 5.03. The first-order valence-corrected chi connectivity index (χ1v) is 5.88. The molecule has 0 bridgehead atoms. The molecule has 0 aliphatic heterocycles. The molecule has 7 heteroatoms. The Hall–Kier alpha value is -2.44. The molecule has 0 aliphatic carbocycles. The number of nitro groups is 1. The van der Waals surface area contributed by atoms with E-state index in [0.29, 0.717) is 23.3 Å². The lowest BCUT2D eigenvalue weighted by molar-refractivity contribution is -0.384. The first-order chi connectivity index (χ1) is 9.06. The van der Waals surface area contributed by atoms with Gasteiger partial charge in [-0.3, -0.25) is 10.1 Å². The molecule has 1 heterocycles. The van der Waals surface area contributed by atoms with Crippen LogP contribution in [0.5, 0.6) is 0 Å². The van der Waals surface area contributed by atoms with E-state index < -0.39 is 4.92 Å². The standard InChI is InChI=1S/C12H14N4O3/c1-8(2)7-13-12-14-11(15-19-12)9-4-3-5-10(6-9)16(17)18/h3-6,8H,7H2,1-2H3,(H,13,14,15). The molecule has 0 aliphatic rings. The SMILES string of the molecule is CC(C)CNc1nc(-c2cccc([N+](=O)[O-])c2)no1. The van der Waals surface area contributed by atoms with Crippen molar-refractivity contribution in [3.8, 4) is 11.4 Å². The van der Waals surface area contributed by atoms with Crippen LogP contribution in [-0.2, 0) is 0 Å². The molecule has 0 atom stereocenters. The van der Waals surface area contributed by atoms with Gasteiger partial charge in [-0.05, 0) is 5.92 Å². The second-order valence-corrected chi connectivity index (χ2v) is 4.51. The molecule has 19 heavy (non-hydrogen) atoms. The highest BCUT2D eigenvalue weighted by molar-refractivity contribution is 5.59. The highest BCUT2D eigenvalue weighted by atomic mass is 16.6. The second kappa shape index (κ2) is 5.47. The molecule has 2 rings (SSSR count). The maximum atomic E-state index is 10.7. The van der Waals surface area contributed by atoms with Gasteiger partial charge in [-0.1, -0.05) is 31.1 Å². The van der Waals surface area contributed by atoms with Crippen molar-refractivity contribution in [2.24, 2.45) is 5.92 Å². The monoisotopic (exact) mass is 262 g/mol. The Bertz CT molecular complexity index is 580. The molecule has 1 N–H and O–H groups in total. The van der Waals surface area contributed by atoms with E-state index in [1.54, 1.807) is 12.1 Å². The Kier molecular flexibility index (Phi) is 3.74. The molecule has 100 valence electrons. The predicted octanol–water partition coefficient (Wildman–Crippen LogP) is 2.71. The van der Waals surface area contributed by atoms with E-state index in [-0.39, 0.29) is 5.69 Å². The Morgan fingerprint density at radius 2 is 2.26 bits per heavy atom. The molecule has 7 nitrogen and oxygen atoms in total. The Labute approximate surface area is 109 Å². The smallest absolute Gasteiger partial charge is 0.321 e. The lowest BCUT2D eigenvalue weighted by Crippen LogP contribution is -2.07. The number of hydrogen-bond donors (Lipinski definition) is 1. The molecule has 1 aromatic carbocycles. The molecule has 2 aromatic rings. The number of anilines is 1. The lowest BCUT2D eigenvalue weighted by Gasteiger charge is -2.02. The summed E-state index contributed by atoms with van der Waals surface area (Å²) in [6, 6.07) is 6.43. The summed E-state index contributed by atoms with van der Waals surface area (Å²) in [6.07, 6.45) is 0. The number of nitrogens with one attached hydrogen (secondary N) is 1. The first-order valence-electron chi connectivity index (χ1n) is 5.88. The third-order valence-electron chi connectivity index (χ3n) is 2.40. The first kappa shape index (κ1) is 13.0. The summed E-state index contributed by atoms with van der Waals surface area (Å²) in [6.45, 7) is 4.84. The van der Waals surface area contributed by atoms with Crippen molar-refractivity contribution in [3.63, 3.8) is 0 Å². The van der Waals surface area contributed by atoms with Crippen LogP contribution >= 0.6 is 0 Å². The average molecular weight is 262 g/mol. The van der Waals surface area contributed by atoms with E-state index >= 15 is 0 Å². The van der Waals surface area contributed by atoms with Crippen LogP contribution in [0.25, 0.3) is 11.4 Å². The summed E-state index contributed by atoms with van der Waals surface area (Å²) in [4.78, 5) is 14.4. The van der Waals surface area contributed by atoms with E-state index in [9.17, 15) is 10.1 Å². The minimum atomic E-state index is -0.457. The van der Waals surface area contributed by atoms with E-state index in [1.165, 1.54) is 12.1 Å². The normalized spacial score (nSPS) is 10.7. The zero-order chi connectivity index (χ0) is 13.8. The molecule has 0 fully saturated rings. The van der Waals surface area contributed by atoms with Crippen molar-refractivity contribution in [1.82, 2.24) is 10.1 Å². The largest absolute Gasteiger partial charge is 0.337 e. The number of aromatic nitrogens is 2. The highest BCUT2D eigenvalue weighted by Gasteiger charge is 2.12. The van der Waals surface area contributed by atoms with Crippen LogP contribution in [0, 0.1) is 16.0 Å². The summed E-state index contributed by atoms with van der Waals surface area (Å²) in [5, 5.41) is 17.5. The quantitative estimate of drug-likeness (QED) is 0.657. The number of non-ortho nitro benzene ring substituents is 1. The van der Waals surface area contributed by atoms with Gasteiger partial charge in [0.05, 0.1) is 4.92 Å². The van der Waals surface area contributed by atoms with Gasteiger partial charge >= 0.3 is 6.01 Å². The van der Waals surface area contributed by atoms with Crippen LogP contribution in [0.4, 0.5) is 11.7 Å². The zero-order valence-corrected chi connectivity index (χ0v) is 10.7. The Balaban J connectivity index is 2.18. The van der Waals surface area contributed by atoms with Gasteiger partial charge in [0.1, 0.15) is 0 Å². The van der Waals surface area contributed by atoms with Crippen molar-refractivity contribution >= 4 is 11.7 Å². The minimum Gasteiger partial charge on any atom is -0.337 e. The van der Waals surface area contributed by atoms with Gasteiger partial charge in [-0.25, -0.2) is 0 Å². The van der Waals surface area contributed by atoms with Crippen LogP contribution < -0.4 is 5.32 Å². The van der Waals surface area contributed by atoms with Crippen molar-refractivity contribution in [2.75, 3.05) is 11.9 Å². The van der Waals surface area contributed by atoms with Gasteiger partial charge in [0.25, 0.3) is 5.69 Å². The maximum absolute atomic E-state index is 10.7. The fourth-order valence-electron chi connectivity index (χ4n) is 1.46. The molecule has 0 saturated heterocycles. The fraction of sp³-hybridized carbons (Fsp3) is 0.333. The number of rotatable bonds is 5. The maximum Gasteiger partial charge on any atom is 0.321 e. The van der Waals surface area contributed by atoms with Crippen LogP contribution in [0.3, 0.4) is 0 Å². The molecular formula is C12H14N4O3. The number of nitrogens with zero attached hydrogens (tertiary/aromatic N) is 3. The summed E-state index contributed by atoms with van der Waals surface area (Å²) >= 11 is 0. The van der Waals surface area contributed by atoms with Gasteiger partial charge in [0.15, 0.2) is 0 Å². The Morgan fingerprint density at radius 1 is 1.47 bits per heavy atom. The molecule has 0 radical (unpaired) electrons. The number of benzene rings is 1. The predicted molar refractivity (Wildman–Crippen MR) is 69.7 cm³/mol. The summed E-state index contributed by atoms with van der Waals surface area (Å²) in [5.74, 6) is 0.781. The molecule has 0 amide bonds. The highest BCUT2D eigenvalue weighted by Crippen LogP contribution is 2.22. The van der Waals surface area contributed by atoms with Crippen molar-refractivity contribution in [2.45, 2.75) is 13.8 Å². The van der Waals surface area contributed by atoms with Crippen molar-refractivity contribution in [1.29, 1.82) is 0 Å². The van der Waals surface area contributed by atoms with Gasteiger partial charge in [0, 0.05) is 24.2 Å². The van der Waals surface area contributed by atoms with Crippen LogP contribution in [-0.4, -0.2) is 21.6 Å². The number of nitro benzene ring substituents is 1. The van der Waals surface area contributed by atoms with Crippen LogP contribution in [0.15, 0.2) is 28.8 Å². The van der Waals surface area contributed by atoms with Crippen molar-refractivity contribution < 1.29 is 9.45 Å². The third-order valence-corrected chi connectivity index (χ3v) is 2.40. The minimum absolute atomic E-state index is 0.000936. The van der Waals surface area contributed by atoms with Crippen molar-refractivity contribution in [3.05, 3.63) is 34.4 Å². The van der Waals surface area contributed by atoms with E-state index in [2.05, 4.69) is 29.3 Å². The van der Waals surface area contributed by atoms with E-state index in [0.717, 1.165) is 6.54 Å². The van der Waals surface area contributed by atoms with Crippen LogP contribution in [0.1, 0.15) is 13.8 Å². The molecule has 0 spiro atoms. The fourth-order valence-corrected chi connectivity index (χ4v) is 1.46. The molecular weight excluding hydrogens is 248 g/mol. The van der Waals surface area contributed by atoms with Gasteiger partial charge in [-0.2, -0.15) is 4.98 Å². The topological polar surface area (TPSA) is 94.1 Å². The Morgan fingerprint density at radius 3 is 2.95 bits per heavy atom. The van der Waals surface area contributed by atoms with Gasteiger partial charge in [-0.15, -0.1) is 0 Å². The lowest BCUT2D eigenvalue weighted by atomic mass is 10.2. The zero-order valence-electron chi connectivity index (χ0n) is 10.7. The van der Waals surface area contributed by atoms with E-state index in [4.69, 9.17) is 4.52 Å². The average Bonchev–Trinajstić information content (AvgIpc) is 2.85. The molecule has 0 unspecified atom stereocenters. The molecule has 0 saturated carbocycles. The van der Waals surface area contributed by atoms with E-state index in [1.807, 2.05) is 0 Å². The van der Waals surface area contributed by atoms with Gasteiger partial charge < -0.3 is 9.84 Å².